The Hall–Kier alpha value is -1.16. The predicted octanol–water partition coefficient (Wildman–Crippen LogP) is 3.12. The maximum Gasteiger partial charge on any atom is 0.235 e. The fraction of sp³-hybridized carbons (Fsp3) is 0.455. The highest BCUT2D eigenvalue weighted by molar-refractivity contribution is 7.10. The van der Waals surface area contributed by atoms with Crippen LogP contribution in [0.2, 0.25) is 0 Å². The van der Waals surface area contributed by atoms with E-state index in [4.69, 9.17) is 0 Å². The van der Waals surface area contributed by atoms with Gasteiger partial charge in [0.25, 0.3) is 0 Å². The lowest BCUT2D eigenvalue weighted by molar-refractivity contribution is -0.400. The zero-order valence-corrected chi connectivity index (χ0v) is 9.42. The van der Waals surface area contributed by atoms with Crippen molar-refractivity contribution in [1.29, 1.82) is 0 Å². The van der Waals surface area contributed by atoms with Gasteiger partial charge in [0.2, 0.25) is 6.20 Å². The fourth-order valence-corrected chi connectivity index (χ4v) is 3.22. The van der Waals surface area contributed by atoms with Gasteiger partial charge in [0.05, 0.1) is 4.92 Å². The molecule has 0 radical (unpaired) electrons. The van der Waals surface area contributed by atoms with E-state index in [2.05, 4.69) is 6.92 Å². The van der Waals surface area contributed by atoms with Gasteiger partial charge in [-0.2, -0.15) is 0 Å². The van der Waals surface area contributed by atoms with Gasteiger partial charge in [-0.1, -0.05) is 6.92 Å². The Kier molecular flexibility index (Phi) is 2.86. The third kappa shape index (κ3) is 2.26. The predicted molar refractivity (Wildman–Crippen MR) is 61.5 cm³/mol. The van der Waals surface area contributed by atoms with Crippen LogP contribution in [0.3, 0.4) is 0 Å². The minimum Gasteiger partial charge on any atom is -0.259 e. The first-order valence-corrected chi connectivity index (χ1v) is 5.95. The highest BCUT2D eigenvalue weighted by atomic mass is 32.1. The van der Waals surface area contributed by atoms with Crippen LogP contribution in [0.5, 0.6) is 0 Å². The Morgan fingerprint density at radius 1 is 1.67 bits per heavy atom. The van der Waals surface area contributed by atoms with E-state index in [1.54, 1.807) is 17.4 Å². The lowest BCUT2D eigenvalue weighted by Gasteiger charge is -2.18. The number of hydrogen-bond donors (Lipinski definition) is 0. The van der Waals surface area contributed by atoms with Gasteiger partial charge in [0.1, 0.15) is 0 Å². The smallest absolute Gasteiger partial charge is 0.235 e. The Bertz CT molecular complexity index is 409. The molecule has 0 amide bonds. The van der Waals surface area contributed by atoms with Gasteiger partial charge in [-0.25, -0.2) is 0 Å². The molecule has 4 heteroatoms. The van der Waals surface area contributed by atoms with Crippen LogP contribution in [0.1, 0.15) is 29.3 Å². The zero-order valence-electron chi connectivity index (χ0n) is 8.60. The minimum absolute atomic E-state index is 0.407. The van der Waals surface area contributed by atoms with Crippen LogP contribution in [-0.2, 0) is 12.8 Å². The lowest BCUT2D eigenvalue weighted by Crippen LogP contribution is -2.09. The number of hydrogen-bond acceptors (Lipinski definition) is 3. The van der Waals surface area contributed by atoms with Crippen LogP contribution in [0, 0.1) is 16.0 Å². The SMILES string of the molecule is C[C@H]1CCc2c(/C=C/[N+](=O)[O-])csc2C1. The number of fused-ring (bicyclic) bond motifs is 1. The Labute approximate surface area is 92.6 Å². The van der Waals surface area contributed by atoms with Crippen molar-refractivity contribution in [2.75, 3.05) is 0 Å². The third-order valence-electron chi connectivity index (χ3n) is 2.81. The molecule has 80 valence electrons. The quantitative estimate of drug-likeness (QED) is 0.571. The summed E-state index contributed by atoms with van der Waals surface area (Å²) in [5, 5.41) is 12.3. The summed E-state index contributed by atoms with van der Waals surface area (Å²) in [6, 6.07) is 0. The molecule has 0 saturated heterocycles. The van der Waals surface area contributed by atoms with Crippen molar-refractivity contribution >= 4 is 17.4 Å². The molecule has 1 atom stereocenters. The summed E-state index contributed by atoms with van der Waals surface area (Å²) in [5.41, 5.74) is 2.37. The van der Waals surface area contributed by atoms with E-state index in [-0.39, 0.29) is 0 Å². The molecular formula is C11H13NO2S. The summed E-state index contributed by atoms with van der Waals surface area (Å²) < 4.78 is 0. The molecule has 1 heterocycles. The average molecular weight is 223 g/mol. The summed E-state index contributed by atoms with van der Waals surface area (Å²) in [7, 11) is 0. The van der Waals surface area contributed by atoms with E-state index in [1.165, 1.54) is 16.9 Å². The first kappa shape index (κ1) is 10.4. The molecule has 1 aliphatic rings. The van der Waals surface area contributed by atoms with Crippen molar-refractivity contribution in [3.63, 3.8) is 0 Å². The first-order valence-electron chi connectivity index (χ1n) is 5.07. The molecule has 2 rings (SSSR count). The average Bonchev–Trinajstić information content (AvgIpc) is 2.57. The number of rotatable bonds is 2. The van der Waals surface area contributed by atoms with Crippen molar-refractivity contribution in [3.05, 3.63) is 37.7 Å². The molecule has 1 aromatic rings. The van der Waals surface area contributed by atoms with Crippen molar-refractivity contribution < 1.29 is 4.92 Å². The molecular weight excluding hydrogens is 210 g/mol. The van der Waals surface area contributed by atoms with E-state index in [1.807, 2.05) is 5.38 Å². The summed E-state index contributed by atoms with van der Waals surface area (Å²) in [6.07, 6.45) is 6.04. The molecule has 0 spiro atoms. The molecule has 3 nitrogen and oxygen atoms in total. The second kappa shape index (κ2) is 4.14. The van der Waals surface area contributed by atoms with E-state index >= 15 is 0 Å². The van der Waals surface area contributed by atoms with Gasteiger partial charge in [0, 0.05) is 11.0 Å². The largest absolute Gasteiger partial charge is 0.259 e. The van der Waals surface area contributed by atoms with E-state index in [9.17, 15) is 10.1 Å². The molecule has 0 saturated carbocycles. The maximum atomic E-state index is 10.2. The summed E-state index contributed by atoms with van der Waals surface area (Å²) in [4.78, 5) is 11.2. The normalized spacial score (nSPS) is 20.5. The van der Waals surface area contributed by atoms with Gasteiger partial charge in [-0.15, -0.1) is 11.3 Å². The molecule has 0 N–H and O–H groups in total. The van der Waals surface area contributed by atoms with E-state index in [0.717, 1.165) is 30.5 Å². The molecule has 0 fully saturated rings. The van der Waals surface area contributed by atoms with Gasteiger partial charge < -0.3 is 0 Å². The maximum absolute atomic E-state index is 10.2. The lowest BCUT2D eigenvalue weighted by atomic mass is 9.88. The second-order valence-corrected chi connectivity index (χ2v) is 5.01. The van der Waals surface area contributed by atoms with Crippen molar-refractivity contribution in [2.24, 2.45) is 5.92 Å². The second-order valence-electron chi connectivity index (χ2n) is 4.04. The molecule has 0 bridgehead atoms. The topological polar surface area (TPSA) is 43.1 Å². The monoisotopic (exact) mass is 223 g/mol. The highest BCUT2D eigenvalue weighted by Gasteiger charge is 2.18. The van der Waals surface area contributed by atoms with Crippen LogP contribution in [0.4, 0.5) is 0 Å². The summed E-state index contributed by atoms with van der Waals surface area (Å²) in [5.74, 6) is 0.753. The van der Waals surface area contributed by atoms with Gasteiger partial charge in [-0.3, -0.25) is 10.1 Å². The highest BCUT2D eigenvalue weighted by Crippen LogP contribution is 2.33. The zero-order chi connectivity index (χ0) is 10.8. The first-order chi connectivity index (χ1) is 7.16. The molecule has 15 heavy (non-hydrogen) atoms. The number of nitro groups is 1. The number of nitrogens with zero attached hydrogens (tertiary/aromatic N) is 1. The van der Waals surface area contributed by atoms with Crippen molar-refractivity contribution in [3.8, 4) is 0 Å². The van der Waals surface area contributed by atoms with Crippen LogP contribution in [0.15, 0.2) is 11.6 Å². The fourth-order valence-electron chi connectivity index (χ4n) is 1.98. The van der Waals surface area contributed by atoms with Crippen LogP contribution in [-0.4, -0.2) is 4.92 Å². The minimum atomic E-state index is -0.407. The molecule has 1 aliphatic carbocycles. The molecule has 0 aromatic carbocycles. The molecule has 0 aliphatic heterocycles. The Morgan fingerprint density at radius 3 is 3.20 bits per heavy atom. The van der Waals surface area contributed by atoms with E-state index < -0.39 is 4.92 Å². The van der Waals surface area contributed by atoms with Gasteiger partial charge >= 0.3 is 0 Å². The van der Waals surface area contributed by atoms with Crippen molar-refractivity contribution in [1.82, 2.24) is 0 Å². The van der Waals surface area contributed by atoms with Gasteiger partial charge in [0.15, 0.2) is 0 Å². The number of thiophene rings is 1. The Balaban J connectivity index is 2.24. The van der Waals surface area contributed by atoms with E-state index in [0.29, 0.717) is 0 Å². The van der Waals surface area contributed by atoms with Gasteiger partial charge in [-0.05, 0) is 41.7 Å². The third-order valence-corrected chi connectivity index (χ3v) is 3.88. The van der Waals surface area contributed by atoms with Crippen LogP contribution >= 0.6 is 11.3 Å². The van der Waals surface area contributed by atoms with Crippen LogP contribution in [0.25, 0.3) is 6.08 Å². The van der Waals surface area contributed by atoms with Crippen LogP contribution < -0.4 is 0 Å². The molecule has 0 unspecified atom stereocenters. The summed E-state index contributed by atoms with van der Waals surface area (Å²) >= 11 is 1.73. The molecule has 1 aromatic heterocycles. The Morgan fingerprint density at radius 2 is 2.47 bits per heavy atom. The van der Waals surface area contributed by atoms with Crippen molar-refractivity contribution in [2.45, 2.75) is 26.2 Å². The standard InChI is InChI=1S/C11H13NO2S/c1-8-2-3-10-9(4-5-12(13)14)7-15-11(10)6-8/h4-5,7-8H,2-3,6H2,1H3/b5-4+/t8-/m0/s1. The summed E-state index contributed by atoms with van der Waals surface area (Å²) in [6.45, 7) is 2.26.